The van der Waals surface area contributed by atoms with Crippen LogP contribution in [0.15, 0.2) is 24.3 Å². The molecule has 4 nitrogen and oxygen atoms in total. The van der Waals surface area contributed by atoms with Crippen LogP contribution in [-0.2, 0) is 15.7 Å². The molecule has 0 aliphatic rings. The van der Waals surface area contributed by atoms with Gasteiger partial charge in [0, 0.05) is 19.3 Å². The van der Waals surface area contributed by atoms with Crippen LogP contribution in [0.1, 0.15) is 5.56 Å². The first-order chi connectivity index (χ1) is 8.95. The van der Waals surface area contributed by atoms with Gasteiger partial charge in [-0.15, -0.1) is 0 Å². The largest absolute Gasteiger partial charge is 0.418 e. The van der Waals surface area contributed by atoms with Crippen molar-refractivity contribution < 1.29 is 22.7 Å². The molecule has 1 rings (SSSR count). The number of nitrogens with one attached hydrogen (secondary N) is 2. The van der Waals surface area contributed by atoms with Crippen molar-refractivity contribution in [1.82, 2.24) is 5.32 Å². The van der Waals surface area contributed by atoms with Crippen molar-refractivity contribution >= 4 is 11.6 Å². The fraction of sp³-hybridized carbons (Fsp3) is 0.417. The third-order valence-electron chi connectivity index (χ3n) is 2.30. The van der Waals surface area contributed by atoms with E-state index in [1.54, 1.807) is 0 Å². The zero-order valence-electron chi connectivity index (χ0n) is 10.4. The number of alkyl halides is 3. The topological polar surface area (TPSA) is 50.4 Å². The minimum Gasteiger partial charge on any atom is -0.383 e. The molecule has 0 saturated heterocycles. The summed E-state index contributed by atoms with van der Waals surface area (Å²) in [4.78, 5) is 11.3. The van der Waals surface area contributed by atoms with Gasteiger partial charge in [0.1, 0.15) is 0 Å². The van der Waals surface area contributed by atoms with Crippen molar-refractivity contribution in [2.45, 2.75) is 6.18 Å². The molecule has 106 valence electrons. The number of methoxy groups -OCH3 is 1. The van der Waals surface area contributed by atoms with E-state index >= 15 is 0 Å². The Balaban J connectivity index is 2.56. The molecule has 0 aliphatic carbocycles. The summed E-state index contributed by atoms with van der Waals surface area (Å²) in [5.41, 5.74) is -0.906. The molecule has 0 fully saturated rings. The minimum absolute atomic E-state index is 0.114. The van der Waals surface area contributed by atoms with E-state index < -0.39 is 17.6 Å². The van der Waals surface area contributed by atoms with Gasteiger partial charge in [-0.05, 0) is 12.1 Å². The van der Waals surface area contributed by atoms with E-state index in [0.29, 0.717) is 13.2 Å². The van der Waals surface area contributed by atoms with Gasteiger partial charge in [0.05, 0.1) is 18.7 Å². The van der Waals surface area contributed by atoms with Crippen molar-refractivity contribution in [3.63, 3.8) is 0 Å². The number of ether oxygens (including phenoxy) is 1. The van der Waals surface area contributed by atoms with Crippen molar-refractivity contribution in [3.05, 3.63) is 29.8 Å². The molecule has 0 atom stereocenters. The van der Waals surface area contributed by atoms with Crippen LogP contribution in [0.3, 0.4) is 0 Å². The van der Waals surface area contributed by atoms with E-state index in [2.05, 4.69) is 10.6 Å². The fourth-order valence-corrected chi connectivity index (χ4v) is 1.41. The molecule has 0 aliphatic heterocycles. The Kier molecular flexibility index (Phi) is 5.62. The van der Waals surface area contributed by atoms with Gasteiger partial charge < -0.3 is 15.4 Å². The number of para-hydroxylation sites is 1. The van der Waals surface area contributed by atoms with Gasteiger partial charge in [-0.1, -0.05) is 12.1 Å². The maximum Gasteiger partial charge on any atom is 0.418 e. The highest BCUT2D eigenvalue weighted by Gasteiger charge is 2.33. The number of carbonyl (C=O) groups is 1. The summed E-state index contributed by atoms with van der Waals surface area (Å²) in [6, 6.07) is 5.02. The predicted molar refractivity (Wildman–Crippen MR) is 64.8 cm³/mol. The number of rotatable bonds is 6. The first-order valence-electron chi connectivity index (χ1n) is 5.61. The predicted octanol–water partition coefficient (Wildman–Crippen LogP) is 1.88. The third-order valence-corrected chi connectivity index (χ3v) is 2.30. The Hall–Kier alpha value is -1.76. The highest BCUT2D eigenvalue weighted by molar-refractivity contribution is 5.80. The summed E-state index contributed by atoms with van der Waals surface area (Å²) < 4.78 is 42.7. The summed E-state index contributed by atoms with van der Waals surface area (Å²) >= 11 is 0. The second kappa shape index (κ2) is 6.98. The van der Waals surface area contributed by atoms with E-state index in [0.717, 1.165) is 6.07 Å². The number of amides is 1. The lowest BCUT2D eigenvalue weighted by molar-refractivity contribution is -0.137. The smallest absolute Gasteiger partial charge is 0.383 e. The molecule has 0 aromatic heterocycles. The van der Waals surface area contributed by atoms with Crippen LogP contribution >= 0.6 is 0 Å². The number of carbonyl (C=O) groups excluding carboxylic acids is 1. The Labute approximate surface area is 108 Å². The average molecular weight is 276 g/mol. The van der Waals surface area contributed by atoms with Crippen molar-refractivity contribution in [2.75, 3.05) is 32.1 Å². The summed E-state index contributed by atoms with van der Waals surface area (Å²) in [6.45, 7) is 0.444. The third kappa shape index (κ3) is 5.17. The van der Waals surface area contributed by atoms with Crippen LogP contribution in [0.25, 0.3) is 0 Å². The number of anilines is 1. The van der Waals surface area contributed by atoms with E-state index in [9.17, 15) is 18.0 Å². The summed E-state index contributed by atoms with van der Waals surface area (Å²) in [5.74, 6) is -0.394. The summed E-state index contributed by atoms with van der Waals surface area (Å²) in [5, 5.41) is 4.98. The van der Waals surface area contributed by atoms with Gasteiger partial charge in [0.15, 0.2) is 0 Å². The Morgan fingerprint density at radius 1 is 1.32 bits per heavy atom. The van der Waals surface area contributed by atoms with Crippen molar-refractivity contribution in [3.8, 4) is 0 Å². The van der Waals surface area contributed by atoms with E-state index in [4.69, 9.17) is 4.74 Å². The Morgan fingerprint density at radius 2 is 2.00 bits per heavy atom. The Bertz CT molecular complexity index is 422. The van der Waals surface area contributed by atoms with Crippen molar-refractivity contribution in [2.24, 2.45) is 0 Å². The second-order valence-corrected chi connectivity index (χ2v) is 3.74. The molecule has 0 bridgehead atoms. The van der Waals surface area contributed by atoms with E-state index in [1.165, 1.54) is 25.3 Å². The molecular formula is C12H15F3N2O2. The van der Waals surface area contributed by atoms with Crippen LogP contribution < -0.4 is 10.6 Å². The van der Waals surface area contributed by atoms with Crippen LogP contribution in [-0.4, -0.2) is 32.7 Å². The monoisotopic (exact) mass is 276 g/mol. The van der Waals surface area contributed by atoms with Gasteiger partial charge in [0.2, 0.25) is 5.91 Å². The quantitative estimate of drug-likeness (QED) is 0.780. The molecule has 1 amide bonds. The molecule has 7 heteroatoms. The lowest BCUT2D eigenvalue weighted by Gasteiger charge is -2.14. The zero-order chi connectivity index (χ0) is 14.3. The number of halogens is 3. The van der Waals surface area contributed by atoms with Gasteiger partial charge in [0.25, 0.3) is 0 Å². The zero-order valence-corrected chi connectivity index (χ0v) is 10.4. The maximum absolute atomic E-state index is 12.7. The SMILES string of the molecule is COCCNC(=O)CNc1ccccc1C(F)(F)F. The molecule has 0 saturated carbocycles. The molecule has 0 radical (unpaired) electrons. The first-order valence-corrected chi connectivity index (χ1v) is 5.61. The Morgan fingerprint density at radius 3 is 2.63 bits per heavy atom. The summed E-state index contributed by atoms with van der Waals surface area (Å²) in [6.07, 6.45) is -4.45. The van der Waals surface area contributed by atoms with Crippen molar-refractivity contribution in [1.29, 1.82) is 0 Å². The molecule has 0 unspecified atom stereocenters. The van der Waals surface area contributed by atoms with Gasteiger partial charge in [-0.3, -0.25) is 4.79 Å². The lowest BCUT2D eigenvalue weighted by Crippen LogP contribution is -2.32. The molecular weight excluding hydrogens is 261 g/mol. The average Bonchev–Trinajstić information content (AvgIpc) is 2.36. The second-order valence-electron chi connectivity index (χ2n) is 3.74. The van der Waals surface area contributed by atoms with Crippen LogP contribution in [0.5, 0.6) is 0 Å². The van der Waals surface area contributed by atoms with E-state index in [1.807, 2.05) is 0 Å². The highest BCUT2D eigenvalue weighted by atomic mass is 19.4. The molecule has 0 spiro atoms. The highest BCUT2D eigenvalue weighted by Crippen LogP contribution is 2.34. The maximum atomic E-state index is 12.7. The van der Waals surface area contributed by atoms with E-state index in [-0.39, 0.29) is 12.2 Å². The van der Waals surface area contributed by atoms with Crippen LogP contribution in [0.2, 0.25) is 0 Å². The summed E-state index contributed by atoms with van der Waals surface area (Å²) in [7, 11) is 1.49. The fourth-order valence-electron chi connectivity index (χ4n) is 1.41. The van der Waals surface area contributed by atoms with Crippen LogP contribution in [0.4, 0.5) is 18.9 Å². The number of hydrogen-bond acceptors (Lipinski definition) is 3. The van der Waals surface area contributed by atoms with Gasteiger partial charge in [-0.25, -0.2) is 0 Å². The van der Waals surface area contributed by atoms with Gasteiger partial charge in [-0.2, -0.15) is 13.2 Å². The first kappa shape index (κ1) is 15.3. The number of benzene rings is 1. The standard InChI is InChI=1S/C12H15F3N2O2/c1-19-7-6-16-11(18)8-17-10-5-3-2-4-9(10)12(13,14)15/h2-5,17H,6-8H2,1H3,(H,16,18). The molecule has 19 heavy (non-hydrogen) atoms. The van der Waals surface area contributed by atoms with Crippen LogP contribution in [0, 0.1) is 0 Å². The molecule has 0 heterocycles. The number of hydrogen-bond donors (Lipinski definition) is 2. The lowest BCUT2D eigenvalue weighted by atomic mass is 10.1. The normalized spacial score (nSPS) is 11.2. The molecule has 1 aromatic rings. The van der Waals surface area contributed by atoms with Gasteiger partial charge >= 0.3 is 6.18 Å². The minimum atomic E-state index is -4.45. The molecule has 1 aromatic carbocycles. The molecule has 2 N–H and O–H groups in total.